The van der Waals surface area contributed by atoms with Crippen LogP contribution in [0, 0.1) is 5.82 Å². The van der Waals surface area contributed by atoms with Crippen LogP contribution in [0.15, 0.2) is 23.4 Å². The summed E-state index contributed by atoms with van der Waals surface area (Å²) in [6.07, 6.45) is 2.72. The van der Waals surface area contributed by atoms with Crippen molar-refractivity contribution in [2.45, 2.75) is 4.90 Å². The summed E-state index contributed by atoms with van der Waals surface area (Å²) in [5, 5.41) is 0. The van der Waals surface area contributed by atoms with Crippen molar-refractivity contribution in [3.8, 4) is 0 Å². The SMILES string of the molecule is Fc1cncc(SS)c1. The van der Waals surface area contributed by atoms with Crippen molar-refractivity contribution in [1.82, 2.24) is 4.98 Å². The fraction of sp³-hybridized carbons (Fsp3) is 0. The third-order valence-corrected chi connectivity index (χ3v) is 1.85. The molecule has 0 aromatic carbocycles. The van der Waals surface area contributed by atoms with Crippen LogP contribution in [0.5, 0.6) is 0 Å². The van der Waals surface area contributed by atoms with Gasteiger partial charge in [0.05, 0.1) is 6.20 Å². The Kier molecular flexibility index (Phi) is 2.36. The Morgan fingerprint density at radius 3 is 2.78 bits per heavy atom. The van der Waals surface area contributed by atoms with E-state index in [-0.39, 0.29) is 5.82 Å². The van der Waals surface area contributed by atoms with Crippen LogP contribution < -0.4 is 0 Å². The molecular weight excluding hydrogens is 157 g/mol. The first-order valence-electron chi connectivity index (χ1n) is 2.25. The molecule has 0 radical (unpaired) electrons. The first-order chi connectivity index (χ1) is 4.33. The highest BCUT2D eigenvalue weighted by atomic mass is 33.1. The molecule has 0 unspecified atom stereocenters. The summed E-state index contributed by atoms with van der Waals surface area (Å²) in [6, 6.07) is 1.38. The van der Waals surface area contributed by atoms with Crippen molar-refractivity contribution < 1.29 is 4.39 Å². The summed E-state index contributed by atoms with van der Waals surface area (Å²) in [5.41, 5.74) is 0. The van der Waals surface area contributed by atoms with Crippen molar-refractivity contribution in [2.75, 3.05) is 0 Å². The first kappa shape index (κ1) is 6.89. The van der Waals surface area contributed by atoms with E-state index in [1.165, 1.54) is 16.9 Å². The van der Waals surface area contributed by atoms with E-state index >= 15 is 0 Å². The lowest BCUT2D eigenvalue weighted by Gasteiger charge is -1.90. The van der Waals surface area contributed by atoms with Crippen LogP contribution >= 0.6 is 22.5 Å². The van der Waals surface area contributed by atoms with Gasteiger partial charge in [0.25, 0.3) is 0 Å². The number of nitrogens with zero attached hydrogens (tertiary/aromatic N) is 1. The predicted octanol–water partition coefficient (Wildman–Crippen LogP) is 2.16. The van der Waals surface area contributed by atoms with Gasteiger partial charge in [0.1, 0.15) is 5.82 Å². The molecule has 0 saturated carbocycles. The molecule has 0 aliphatic rings. The molecule has 0 amide bonds. The third-order valence-electron chi connectivity index (χ3n) is 0.785. The highest BCUT2D eigenvalue weighted by molar-refractivity contribution is 8.68. The Bertz CT molecular complexity index is 204. The van der Waals surface area contributed by atoms with Crippen LogP contribution in [0.25, 0.3) is 0 Å². The molecule has 0 bridgehead atoms. The summed E-state index contributed by atoms with van der Waals surface area (Å²) in [4.78, 5) is 4.33. The minimum Gasteiger partial charge on any atom is -0.260 e. The summed E-state index contributed by atoms with van der Waals surface area (Å²) in [7, 11) is 1.17. The van der Waals surface area contributed by atoms with E-state index in [0.29, 0.717) is 0 Å². The Morgan fingerprint density at radius 1 is 1.56 bits per heavy atom. The smallest absolute Gasteiger partial charge is 0.142 e. The van der Waals surface area contributed by atoms with E-state index < -0.39 is 0 Å². The molecule has 4 heteroatoms. The van der Waals surface area contributed by atoms with Crippen LogP contribution in [-0.4, -0.2) is 4.98 Å². The van der Waals surface area contributed by atoms with Crippen LogP contribution in [0.3, 0.4) is 0 Å². The molecule has 1 rings (SSSR count). The Labute approximate surface area is 61.5 Å². The van der Waals surface area contributed by atoms with Crippen LogP contribution in [0.2, 0.25) is 0 Å². The van der Waals surface area contributed by atoms with Gasteiger partial charge in [0, 0.05) is 11.1 Å². The largest absolute Gasteiger partial charge is 0.260 e. The Morgan fingerprint density at radius 2 is 2.33 bits per heavy atom. The van der Waals surface area contributed by atoms with Gasteiger partial charge in [0.2, 0.25) is 0 Å². The summed E-state index contributed by atoms with van der Waals surface area (Å²) in [6.45, 7) is 0. The van der Waals surface area contributed by atoms with Crippen LogP contribution in [-0.2, 0) is 0 Å². The Balaban J connectivity index is 2.94. The number of thiol groups is 1. The molecule has 0 spiro atoms. The van der Waals surface area contributed by atoms with Gasteiger partial charge in [-0.1, -0.05) is 10.8 Å². The van der Waals surface area contributed by atoms with Crippen LogP contribution in [0.4, 0.5) is 4.39 Å². The minimum absolute atomic E-state index is 0.325. The number of pyridine rings is 1. The fourth-order valence-electron chi connectivity index (χ4n) is 0.442. The zero-order valence-electron chi connectivity index (χ0n) is 4.41. The van der Waals surface area contributed by atoms with E-state index in [1.54, 1.807) is 6.20 Å². The minimum atomic E-state index is -0.325. The van der Waals surface area contributed by atoms with Crippen molar-refractivity contribution in [1.29, 1.82) is 0 Å². The van der Waals surface area contributed by atoms with Crippen molar-refractivity contribution in [2.24, 2.45) is 0 Å². The highest BCUT2D eigenvalue weighted by Gasteiger charge is 1.91. The van der Waals surface area contributed by atoms with Gasteiger partial charge in [-0.15, -0.1) is 11.7 Å². The van der Waals surface area contributed by atoms with Gasteiger partial charge in [-0.3, -0.25) is 4.98 Å². The van der Waals surface area contributed by atoms with Crippen molar-refractivity contribution in [3.05, 3.63) is 24.3 Å². The van der Waals surface area contributed by atoms with Gasteiger partial charge in [-0.05, 0) is 6.07 Å². The molecule has 0 aliphatic heterocycles. The summed E-state index contributed by atoms with van der Waals surface area (Å²) in [5.74, 6) is -0.325. The van der Waals surface area contributed by atoms with Gasteiger partial charge in [-0.2, -0.15) is 0 Å². The molecule has 48 valence electrons. The lowest BCUT2D eigenvalue weighted by Crippen LogP contribution is -1.76. The summed E-state index contributed by atoms with van der Waals surface area (Å²) >= 11 is 3.87. The maximum atomic E-state index is 12.2. The number of halogens is 1. The molecule has 1 aromatic rings. The number of hydrogen-bond donors (Lipinski definition) is 1. The average Bonchev–Trinajstić information content (AvgIpc) is 1.88. The normalized spacial score (nSPS) is 9.56. The maximum Gasteiger partial charge on any atom is 0.142 e. The fourth-order valence-corrected chi connectivity index (χ4v) is 1.02. The van der Waals surface area contributed by atoms with E-state index in [1.807, 2.05) is 0 Å². The molecule has 0 N–H and O–H groups in total. The molecule has 0 atom stereocenters. The molecular formula is C5H4FNS2. The molecule has 0 saturated heterocycles. The lowest BCUT2D eigenvalue weighted by molar-refractivity contribution is 0.617. The highest BCUT2D eigenvalue weighted by Crippen LogP contribution is 2.19. The molecule has 9 heavy (non-hydrogen) atoms. The summed E-state index contributed by atoms with van der Waals surface area (Å²) < 4.78 is 12.2. The van der Waals surface area contributed by atoms with E-state index in [2.05, 4.69) is 16.6 Å². The quantitative estimate of drug-likeness (QED) is 0.500. The van der Waals surface area contributed by atoms with Crippen LogP contribution in [0.1, 0.15) is 0 Å². The molecule has 1 nitrogen and oxygen atoms in total. The second-order valence-corrected chi connectivity index (χ2v) is 2.63. The molecule has 0 fully saturated rings. The average molecular weight is 161 g/mol. The molecule has 0 aliphatic carbocycles. The van der Waals surface area contributed by atoms with Gasteiger partial charge in [-0.25, -0.2) is 4.39 Å². The van der Waals surface area contributed by atoms with Crippen molar-refractivity contribution in [3.63, 3.8) is 0 Å². The third kappa shape index (κ3) is 1.87. The number of rotatable bonds is 1. The second kappa shape index (κ2) is 3.08. The topological polar surface area (TPSA) is 12.9 Å². The van der Waals surface area contributed by atoms with Gasteiger partial charge >= 0.3 is 0 Å². The number of aromatic nitrogens is 1. The number of hydrogen-bond acceptors (Lipinski definition) is 3. The van der Waals surface area contributed by atoms with Gasteiger partial charge in [0.15, 0.2) is 0 Å². The standard InChI is InChI=1S/C5H4FNS2/c6-4-1-5(9-8)3-7-2-4/h1-3,8H. The monoisotopic (exact) mass is 161 g/mol. The lowest BCUT2D eigenvalue weighted by atomic mass is 10.5. The molecule has 1 heterocycles. The van der Waals surface area contributed by atoms with E-state index in [0.717, 1.165) is 11.1 Å². The Hall–Kier alpha value is -0.220. The van der Waals surface area contributed by atoms with E-state index in [9.17, 15) is 4.39 Å². The first-order valence-corrected chi connectivity index (χ1v) is 4.12. The zero-order valence-corrected chi connectivity index (χ0v) is 6.12. The molecule has 1 aromatic heterocycles. The predicted molar refractivity (Wildman–Crippen MR) is 39.0 cm³/mol. The second-order valence-electron chi connectivity index (χ2n) is 1.43. The van der Waals surface area contributed by atoms with E-state index in [4.69, 9.17) is 0 Å². The van der Waals surface area contributed by atoms with Gasteiger partial charge < -0.3 is 0 Å². The maximum absolute atomic E-state index is 12.2. The van der Waals surface area contributed by atoms with Crippen molar-refractivity contribution >= 4 is 22.5 Å². The zero-order chi connectivity index (χ0) is 6.69.